The van der Waals surface area contributed by atoms with E-state index in [-0.39, 0.29) is 17.8 Å². The highest BCUT2D eigenvalue weighted by Gasteiger charge is 2.33. The second-order valence-electron chi connectivity index (χ2n) is 6.69. The maximum Gasteiger partial charge on any atom is 0.254 e. The summed E-state index contributed by atoms with van der Waals surface area (Å²) in [5.74, 6) is -0.268. The summed E-state index contributed by atoms with van der Waals surface area (Å²) in [6.45, 7) is 1.12. The Morgan fingerprint density at radius 2 is 1.92 bits per heavy atom. The number of nitrogens with zero attached hydrogens (tertiary/aromatic N) is 3. The van der Waals surface area contributed by atoms with Crippen LogP contribution in [0.1, 0.15) is 34.3 Å². The van der Waals surface area contributed by atoms with Gasteiger partial charge in [0.05, 0.1) is 6.54 Å². The van der Waals surface area contributed by atoms with E-state index in [1.165, 1.54) is 12.1 Å². The minimum atomic E-state index is -0.270. The molecule has 1 aliphatic rings. The van der Waals surface area contributed by atoms with E-state index >= 15 is 0 Å². The standard InChI is InChI=1S/C21H20FN3O/c22-19-4-1-3-17(13-19)15-25(20-9-10-20)21(26)18-7-5-16(6-8-18)14-24-12-2-11-23-24/h1-8,11-13,20H,9-10,14-15H2. The van der Waals surface area contributed by atoms with Gasteiger partial charge in [0.2, 0.25) is 0 Å². The average molecular weight is 349 g/mol. The minimum absolute atomic E-state index is 0.00222. The molecule has 1 amide bonds. The second kappa shape index (κ2) is 7.12. The number of aromatic nitrogens is 2. The van der Waals surface area contributed by atoms with Crippen molar-refractivity contribution < 1.29 is 9.18 Å². The highest BCUT2D eigenvalue weighted by atomic mass is 19.1. The molecule has 1 heterocycles. The summed E-state index contributed by atoms with van der Waals surface area (Å²) in [7, 11) is 0. The van der Waals surface area contributed by atoms with Gasteiger partial charge in [-0.3, -0.25) is 9.48 Å². The predicted molar refractivity (Wildman–Crippen MR) is 97.1 cm³/mol. The van der Waals surface area contributed by atoms with Gasteiger partial charge in [-0.2, -0.15) is 5.10 Å². The number of hydrogen-bond acceptors (Lipinski definition) is 2. The van der Waals surface area contributed by atoms with Crippen molar-refractivity contribution in [3.8, 4) is 0 Å². The number of hydrogen-bond donors (Lipinski definition) is 0. The fourth-order valence-electron chi connectivity index (χ4n) is 3.08. The lowest BCUT2D eigenvalue weighted by molar-refractivity contribution is 0.0729. The van der Waals surface area contributed by atoms with E-state index in [2.05, 4.69) is 5.10 Å². The molecule has 2 aromatic carbocycles. The molecule has 0 unspecified atom stereocenters. The molecule has 1 aromatic heterocycles. The van der Waals surface area contributed by atoms with Crippen LogP contribution in [0.2, 0.25) is 0 Å². The molecule has 0 bridgehead atoms. The zero-order valence-corrected chi connectivity index (χ0v) is 14.4. The van der Waals surface area contributed by atoms with E-state index < -0.39 is 0 Å². The van der Waals surface area contributed by atoms with Gasteiger partial charge < -0.3 is 4.90 Å². The van der Waals surface area contributed by atoms with E-state index in [9.17, 15) is 9.18 Å². The van der Waals surface area contributed by atoms with Crippen LogP contribution in [0.25, 0.3) is 0 Å². The molecular weight excluding hydrogens is 329 g/mol. The molecule has 3 aromatic rings. The largest absolute Gasteiger partial charge is 0.331 e. The number of halogens is 1. The number of carbonyl (C=O) groups is 1. The number of benzene rings is 2. The molecule has 0 spiro atoms. The third-order valence-electron chi connectivity index (χ3n) is 4.60. The molecule has 1 saturated carbocycles. The summed E-state index contributed by atoms with van der Waals surface area (Å²) >= 11 is 0. The Balaban J connectivity index is 1.49. The monoisotopic (exact) mass is 349 g/mol. The van der Waals surface area contributed by atoms with Crippen molar-refractivity contribution in [1.29, 1.82) is 0 Å². The first kappa shape index (κ1) is 16.5. The molecule has 5 heteroatoms. The van der Waals surface area contributed by atoms with Crippen molar-refractivity contribution in [3.05, 3.63) is 89.5 Å². The van der Waals surface area contributed by atoms with E-state index in [0.29, 0.717) is 18.7 Å². The molecule has 1 fully saturated rings. The summed E-state index contributed by atoms with van der Waals surface area (Å²) < 4.78 is 15.3. The molecule has 26 heavy (non-hydrogen) atoms. The SMILES string of the molecule is O=C(c1ccc(Cn2cccn2)cc1)N(Cc1cccc(F)c1)C1CC1. The summed E-state index contributed by atoms with van der Waals surface area (Å²) in [5, 5.41) is 4.19. The van der Waals surface area contributed by atoms with E-state index in [1.807, 2.05) is 52.2 Å². The van der Waals surface area contributed by atoms with Crippen LogP contribution in [0.3, 0.4) is 0 Å². The molecule has 0 radical (unpaired) electrons. The van der Waals surface area contributed by atoms with Gasteiger partial charge in [-0.15, -0.1) is 0 Å². The molecule has 1 aliphatic carbocycles. The van der Waals surface area contributed by atoms with Crippen molar-refractivity contribution in [1.82, 2.24) is 14.7 Å². The Hall–Kier alpha value is -2.95. The highest BCUT2D eigenvalue weighted by Crippen LogP contribution is 2.30. The minimum Gasteiger partial charge on any atom is -0.331 e. The maximum absolute atomic E-state index is 13.4. The average Bonchev–Trinajstić information content (AvgIpc) is 3.36. The molecule has 132 valence electrons. The molecular formula is C21H20FN3O. The topological polar surface area (TPSA) is 38.1 Å². The van der Waals surface area contributed by atoms with Gasteiger partial charge in [0, 0.05) is 30.5 Å². The Bertz CT molecular complexity index is 886. The number of amides is 1. The van der Waals surface area contributed by atoms with Crippen LogP contribution in [0.4, 0.5) is 4.39 Å². The van der Waals surface area contributed by atoms with Gasteiger partial charge in [-0.05, 0) is 54.3 Å². The zero-order chi connectivity index (χ0) is 17.9. The highest BCUT2D eigenvalue weighted by molar-refractivity contribution is 5.94. The van der Waals surface area contributed by atoms with Crippen LogP contribution in [-0.2, 0) is 13.1 Å². The summed E-state index contributed by atoms with van der Waals surface area (Å²) in [6, 6.07) is 16.3. The van der Waals surface area contributed by atoms with Crippen molar-refractivity contribution in [2.45, 2.75) is 32.0 Å². The third kappa shape index (κ3) is 3.82. The Labute approximate surface area is 151 Å². The van der Waals surface area contributed by atoms with Gasteiger partial charge in [-0.25, -0.2) is 4.39 Å². The lowest BCUT2D eigenvalue weighted by Gasteiger charge is -2.23. The van der Waals surface area contributed by atoms with E-state index in [0.717, 1.165) is 24.0 Å². The summed E-state index contributed by atoms with van der Waals surface area (Å²) in [4.78, 5) is 14.8. The predicted octanol–water partition coefficient (Wildman–Crippen LogP) is 3.88. The van der Waals surface area contributed by atoms with E-state index in [4.69, 9.17) is 0 Å². The number of carbonyl (C=O) groups excluding carboxylic acids is 1. The van der Waals surface area contributed by atoms with Crippen LogP contribution in [0.15, 0.2) is 67.0 Å². The van der Waals surface area contributed by atoms with Gasteiger partial charge >= 0.3 is 0 Å². The lowest BCUT2D eigenvalue weighted by atomic mass is 10.1. The Kier molecular flexibility index (Phi) is 4.52. The van der Waals surface area contributed by atoms with Crippen molar-refractivity contribution >= 4 is 5.91 Å². The van der Waals surface area contributed by atoms with Crippen LogP contribution in [-0.4, -0.2) is 26.6 Å². The second-order valence-corrected chi connectivity index (χ2v) is 6.69. The molecule has 4 nitrogen and oxygen atoms in total. The normalized spacial score (nSPS) is 13.6. The number of rotatable bonds is 6. The van der Waals surface area contributed by atoms with Gasteiger partial charge in [0.15, 0.2) is 0 Å². The van der Waals surface area contributed by atoms with Crippen molar-refractivity contribution in [2.75, 3.05) is 0 Å². The first-order valence-corrected chi connectivity index (χ1v) is 8.81. The quantitative estimate of drug-likeness (QED) is 0.677. The molecule has 0 aliphatic heterocycles. The van der Waals surface area contributed by atoms with Gasteiger partial charge in [-0.1, -0.05) is 24.3 Å². The smallest absolute Gasteiger partial charge is 0.254 e. The summed E-state index contributed by atoms with van der Waals surface area (Å²) in [5.41, 5.74) is 2.58. The fourth-order valence-corrected chi connectivity index (χ4v) is 3.08. The molecule has 0 saturated heterocycles. The molecule has 0 atom stereocenters. The van der Waals surface area contributed by atoms with Gasteiger partial charge in [0.1, 0.15) is 5.82 Å². The van der Waals surface area contributed by atoms with Crippen LogP contribution in [0.5, 0.6) is 0 Å². The first-order valence-electron chi connectivity index (χ1n) is 8.81. The summed E-state index contributed by atoms with van der Waals surface area (Å²) in [6.07, 6.45) is 5.68. The Morgan fingerprint density at radius 1 is 1.12 bits per heavy atom. The molecule has 4 rings (SSSR count). The van der Waals surface area contributed by atoms with Crippen LogP contribution < -0.4 is 0 Å². The lowest BCUT2D eigenvalue weighted by Crippen LogP contribution is -2.32. The molecule has 0 N–H and O–H groups in total. The van der Waals surface area contributed by atoms with Crippen LogP contribution >= 0.6 is 0 Å². The maximum atomic E-state index is 13.4. The van der Waals surface area contributed by atoms with Crippen molar-refractivity contribution in [3.63, 3.8) is 0 Å². The first-order chi connectivity index (χ1) is 12.7. The third-order valence-corrected chi connectivity index (χ3v) is 4.60. The van der Waals surface area contributed by atoms with Gasteiger partial charge in [0.25, 0.3) is 5.91 Å². The fraction of sp³-hybridized carbons (Fsp3) is 0.238. The van der Waals surface area contributed by atoms with Crippen molar-refractivity contribution in [2.24, 2.45) is 0 Å². The van der Waals surface area contributed by atoms with Crippen LogP contribution in [0, 0.1) is 5.82 Å². The van der Waals surface area contributed by atoms with E-state index in [1.54, 1.807) is 12.3 Å². The zero-order valence-electron chi connectivity index (χ0n) is 14.4. The Morgan fingerprint density at radius 3 is 2.58 bits per heavy atom.